The first-order valence-corrected chi connectivity index (χ1v) is 7.58. The van der Waals surface area contributed by atoms with Gasteiger partial charge in [0.05, 0.1) is 0 Å². The summed E-state index contributed by atoms with van der Waals surface area (Å²) in [4.78, 5) is 11.7. The minimum Gasteiger partial charge on any atom is -0.461 e. The molecule has 1 saturated carbocycles. The maximum absolute atomic E-state index is 11.7. The molecule has 1 rings (SSSR count). The Morgan fingerprint density at radius 1 is 1.38 bits per heavy atom. The van der Waals surface area contributed by atoms with Crippen LogP contribution < -0.4 is 5.73 Å². The Hall–Kier alpha value is -0.220. The normalized spacial score (nSPS) is 20.1. The second-order valence-electron chi connectivity index (χ2n) is 4.44. The zero-order valence-corrected chi connectivity index (χ0v) is 10.9. The number of esters is 1. The molecule has 0 aromatic heterocycles. The number of rotatable bonds is 5. The van der Waals surface area contributed by atoms with Crippen LogP contribution in [0.15, 0.2) is 0 Å². The first-order valence-electron chi connectivity index (χ1n) is 6.19. The van der Waals surface area contributed by atoms with Gasteiger partial charge in [-0.2, -0.15) is 11.8 Å². The van der Waals surface area contributed by atoms with E-state index in [1.165, 1.54) is 25.7 Å². The molecule has 16 heavy (non-hydrogen) atoms. The fraction of sp³-hybridized carbons (Fsp3) is 0.917. The van der Waals surface area contributed by atoms with Gasteiger partial charge in [-0.15, -0.1) is 0 Å². The molecule has 0 unspecified atom stereocenters. The van der Waals surface area contributed by atoms with Gasteiger partial charge >= 0.3 is 5.97 Å². The smallest absolute Gasteiger partial charge is 0.323 e. The lowest BCUT2D eigenvalue weighted by Crippen LogP contribution is -2.35. The molecule has 1 aliphatic rings. The Balaban J connectivity index is 2.25. The quantitative estimate of drug-likeness (QED) is 0.596. The highest BCUT2D eigenvalue weighted by Crippen LogP contribution is 2.20. The summed E-state index contributed by atoms with van der Waals surface area (Å²) < 4.78 is 5.46. The van der Waals surface area contributed by atoms with Crippen molar-refractivity contribution in [3.63, 3.8) is 0 Å². The summed E-state index contributed by atoms with van der Waals surface area (Å²) in [6, 6.07) is -0.435. The lowest BCUT2D eigenvalue weighted by molar-refractivity contribution is -0.151. The minimum atomic E-state index is -0.435. The van der Waals surface area contributed by atoms with Crippen molar-refractivity contribution in [2.75, 3.05) is 12.0 Å². The van der Waals surface area contributed by atoms with Crippen molar-refractivity contribution < 1.29 is 9.53 Å². The standard InChI is InChI=1S/C12H23NO2S/c1-16-9-8-11(13)12(14)15-10-6-4-2-3-5-7-10/h10-11H,2-9,13H2,1H3/t11-/m1/s1. The topological polar surface area (TPSA) is 52.3 Å². The Morgan fingerprint density at radius 2 is 2.00 bits per heavy atom. The van der Waals surface area contributed by atoms with Crippen LogP contribution in [-0.4, -0.2) is 30.1 Å². The van der Waals surface area contributed by atoms with Crippen LogP contribution >= 0.6 is 11.8 Å². The fourth-order valence-corrected chi connectivity index (χ4v) is 2.46. The third kappa shape index (κ3) is 5.21. The highest BCUT2D eigenvalue weighted by atomic mass is 32.2. The van der Waals surface area contributed by atoms with Crippen LogP contribution in [0.5, 0.6) is 0 Å². The van der Waals surface area contributed by atoms with Gasteiger partial charge in [-0.3, -0.25) is 4.79 Å². The van der Waals surface area contributed by atoms with Crippen molar-refractivity contribution in [3.05, 3.63) is 0 Å². The monoisotopic (exact) mass is 245 g/mol. The molecule has 4 heteroatoms. The number of thioether (sulfide) groups is 1. The summed E-state index contributed by atoms with van der Waals surface area (Å²) in [5.41, 5.74) is 5.77. The molecular formula is C12H23NO2S. The first-order chi connectivity index (χ1) is 7.74. The Labute approximate surface area is 102 Å². The van der Waals surface area contributed by atoms with Crippen LogP contribution in [0.3, 0.4) is 0 Å². The Morgan fingerprint density at radius 3 is 2.56 bits per heavy atom. The summed E-state index contributed by atoms with van der Waals surface area (Å²) in [5, 5.41) is 0. The number of carbonyl (C=O) groups is 1. The van der Waals surface area contributed by atoms with E-state index in [9.17, 15) is 4.79 Å². The number of carbonyl (C=O) groups excluding carboxylic acids is 1. The SMILES string of the molecule is CSCC[C@@H](N)C(=O)OC1CCCCCC1. The highest BCUT2D eigenvalue weighted by molar-refractivity contribution is 7.98. The van der Waals surface area contributed by atoms with Crippen LogP contribution in [0.1, 0.15) is 44.9 Å². The van der Waals surface area contributed by atoms with E-state index in [-0.39, 0.29) is 12.1 Å². The molecule has 1 fully saturated rings. The van der Waals surface area contributed by atoms with E-state index >= 15 is 0 Å². The number of hydrogen-bond acceptors (Lipinski definition) is 4. The van der Waals surface area contributed by atoms with E-state index < -0.39 is 6.04 Å². The van der Waals surface area contributed by atoms with Crippen molar-refractivity contribution in [1.82, 2.24) is 0 Å². The van der Waals surface area contributed by atoms with Crippen molar-refractivity contribution >= 4 is 17.7 Å². The second-order valence-corrected chi connectivity index (χ2v) is 5.42. The lowest BCUT2D eigenvalue weighted by Gasteiger charge is -2.18. The number of nitrogens with two attached hydrogens (primary N) is 1. The molecule has 1 aliphatic carbocycles. The minimum absolute atomic E-state index is 0.121. The van der Waals surface area contributed by atoms with Crippen LogP contribution in [0.25, 0.3) is 0 Å². The molecule has 0 saturated heterocycles. The molecule has 0 aliphatic heterocycles. The fourth-order valence-electron chi connectivity index (χ4n) is 1.97. The molecule has 94 valence electrons. The lowest BCUT2D eigenvalue weighted by atomic mass is 10.1. The van der Waals surface area contributed by atoms with Gasteiger partial charge in [0.15, 0.2) is 0 Å². The molecule has 0 heterocycles. The van der Waals surface area contributed by atoms with E-state index in [2.05, 4.69) is 0 Å². The Kier molecular flexibility index (Phi) is 6.88. The molecule has 3 nitrogen and oxygen atoms in total. The van der Waals surface area contributed by atoms with E-state index in [0.29, 0.717) is 6.42 Å². The average Bonchev–Trinajstić information content (AvgIpc) is 2.54. The van der Waals surface area contributed by atoms with Gasteiger partial charge in [0, 0.05) is 0 Å². The molecule has 1 atom stereocenters. The van der Waals surface area contributed by atoms with Gasteiger partial charge in [-0.05, 0) is 44.1 Å². The summed E-state index contributed by atoms with van der Waals surface area (Å²) in [7, 11) is 0. The molecule has 0 aromatic rings. The molecule has 0 amide bonds. The van der Waals surface area contributed by atoms with E-state index in [0.717, 1.165) is 18.6 Å². The number of ether oxygens (including phenoxy) is 1. The van der Waals surface area contributed by atoms with Crippen LogP contribution in [0.4, 0.5) is 0 Å². The zero-order valence-electron chi connectivity index (χ0n) is 10.1. The summed E-state index contributed by atoms with van der Waals surface area (Å²) in [5.74, 6) is 0.710. The molecule has 0 bridgehead atoms. The van der Waals surface area contributed by atoms with Crippen molar-refractivity contribution in [2.24, 2.45) is 5.73 Å². The highest BCUT2D eigenvalue weighted by Gasteiger charge is 2.20. The number of hydrogen-bond donors (Lipinski definition) is 1. The summed E-state index contributed by atoms with van der Waals surface area (Å²) in [6.07, 6.45) is 9.78. The van der Waals surface area contributed by atoms with Crippen molar-refractivity contribution in [3.8, 4) is 0 Å². The van der Waals surface area contributed by atoms with Crippen LogP contribution in [-0.2, 0) is 9.53 Å². The summed E-state index contributed by atoms with van der Waals surface area (Å²) >= 11 is 1.71. The van der Waals surface area contributed by atoms with E-state index in [1.54, 1.807) is 11.8 Å². The van der Waals surface area contributed by atoms with Crippen molar-refractivity contribution in [1.29, 1.82) is 0 Å². The molecular weight excluding hydrogens is 222 g/mol. The van der Waals surface area contributed by atoms with Gasteiger partial charge in [-0.1, -0.05) is 12.8 Å². The van der Waals surface area contributed by atoms with Crippen LogP contribution in [0, 0.1) is 0 Å². The second kappa shape index (κ2) is 7.96. The van der Waals surface area contributed by atoms with Gasteiger partial charge in [0.1, 0.15) is 12.1 Å². The largest absolute Gasteiger partial charge is 0.461 e. The third-order valence-electron chi connectivity index (χ3n) is 3.02. The van der Waals surface area contributed by atoms with Gasteiger partial charge in [-0.25, -0.2) is 0 Å². The molecule has 0 radical (unpaired) electrons. The first kappa shape index (κ1) is 13.8. The predicted octanol–water partition coefficient (Wildman–Crippen LogP) is 2.33. The average molecular weight is 245 g/mol. The van der Waals surface area contributed by atoms with Crippen molar-refractivity contribution in [2.45, 2.75) is 57.1 Å². The molecule has 0 spiro atoms. The van der Waals surface area contributed by atoms with E-state index in [1.807, 2.05) is 6.26 Å². The van der Waals surface area contributed by atoms with Crippen LogP contribution in [0.2, 0.25) is 0 Å². The Bertz CT molecular complexity index is 203. The van der Waals surface area contributed by atoms with Gasteiger partial charge in [0.2, 0.25) is 0 Å². The van der Waals surface area contributed by atoms with E-state index in [4.69, 9.17) is 10.5 Å². The zero-order chi connectivity index (χ0) is 11.8. The predicted molar refractivity (Wildman–Crippen MR) is 68.6 cm³/mol. The third-order valence-corrected chi connectivity index (χ3v) is 3.66. The maximum atomic E-state index is 11.7. The maximum Gasteiger partial charge on any atom is 0.323 e. The molecule has 2 N–H and O–H groups in total. The van der Waals surface area contributed by atoms with Gasteiger partial charge in [0.25, 0.3) is 0 Å². The molecule has 0 aromatic carbocycles. The summed E-state index contributed by atoms with van der Waals surface area (Å²) in [6.45, 7) is 0. The van der Waals surface area contributed by atoms with Gasteiger partial charge < -0.3 is 10.5 Å².